The lowest BCUT2D eigenvalue weighted by Gasteiger charge is -2.41. The van der Waals surface area contributed by atoms with Gasteiger partial charge in [-0.25, -0.2) is 12.8 Å². The van der Waals surface area contributed by atoms with Crippen LogP contribution in [-0.4, -0.2) is 68.0 Å². The first-order valence-corrected chi connectivity index (χ1v) is 7.11. The minimum atomic E-state index is -2.92. The van der Waals surface area contributed by atoms with Crippen molar-refractivity contribution in [3.05, 3.63) is 0 Å². The molecule has 96 valence electrons. The van der Waals surface area contributed by atoms with E-state index in [1.165, 1.54) is 0 Å². The zero-order chi connectivity index (χ0) is 11.1. The van der Waals surface area contributed by atoms with Crippen molar-refractivity contribution in [1.29, 1.82) is 0 Å². The van der Waals surface area contributed by atoms with Crippen LogP contribution in [0, 0.1) is 0 Å². The maximum Gasteiger partial charge on any atom is 0.161 e. The number of aliphatic hydroxyl groups excluding tert-OH is 1. The average molecular weight is 274 g/mol. The Morgan fingerprint density at radius 3 is 2.38 bits per heavy atom. The SMILES string of the molecule is O=S1(=O)CC[N+]2(CC1)C[C@@H](F)C[C@H]2CO.[Cl-]. The molecule has 0 unspecified atom stereocenters. The smallest absolute Gasteiger partial charge is 0.161 e. The van der Waals surface area contributed by atoms with Gasteiger partial charge in [-0.05, 0) is 0 Å². The summed E-state index contributed by atoms with van der Waals surface area (Å²) >= 11 is 0. The fraction of sp³-hybridized carbons (Fsp3) is 1.00. The topological polar surface area (TPSA) is 54.4 Å². The number of rotatable bonds is 1. The van der Waals surface area contributed by atoms with Crippen molar-refractivity contribution in [3.63, 3.8) is 0 Å². The Bertz CT molecular complexity index is 335. The number of aliphatic hydroxyl groups is 1. The summed E-state index contributed by atoms with van der Waals surface area (Å²) in [6.45, 7) is 1.27. The highest BCUT2D eigenvalue weighted by Crippen LogP contribution is 2.31. The van der Waals surface area contributed by atoms with Crippen LogP contribution in [0.4, 0.5) is 4.39 Å². The van der Waals surface area contributed by atoms with Gasteiger partial charge in [0.25, 0.3) is 0 Å². The third kappa shape index (κ3) is 2.50. The first-order valence-electron chi connectivity index (χ1n) is 5.29. The van der Waals surface area contributed by atoms with E-state index in [1.807, 2.05) is 0 Å². The predicted octanol–water partition coefficient (Wildman–Crippen LogP) is -3.66. The lowest BCUT2D eigenvalue weighted by molar-refractivity contribution is -0.937. The van der Waals surface area contributed by atoms with E-state index >= 15 is 0 Å². The number of halogens is 2. The number of quaternary nitrogens is 1. The third-order valence-electron chi connectivity index (χ3n) is 3.77. The fourth-order valence-corrected chi connectivity index (χ4v) is 4.28. The first kappa shape index (κ1) is 14.2. The molecule has 1 spiro atoms. The lowest BCUT2D eigenvalue weighted by Crippen LogP contribution is -3.00. The van der Waals surface area contributed by atoms with E-state index in [9.17, 15) is 17.9 Å². The van der Waals surface area contributed by atoms with Crippen LogP contribution in [0.2, 0.25) is 0 Å². The van der Waals surface area contributed by atoms with Gasteiger partial charge in [-0.1, -0.05) is 0 Å². The number of alkyl halides is 1. The highest BCUT2D eigenvalue weighted by atomic mass is 35.5. The molecule has 0 aromatic heterocycles. The largest absolute Gasteiger partial charge is 1.00 e. The Kier molecular flexibility index (Phi) is 4.21. The van der Waals surface area contributed by atoms with Gasteiger partial charge in [-0.3, -0.25) is 0 Å². The van der Waals surface area contributed by atoms with E-state index in [1.54, 1.807) is 0 Å². The quantitative estimate of drug-likeness (QED) is 0.501. The predicted molar refractivity (Wildman–Crippen MR) is 53.9 cm³/mol. The molecule has 2 heterocycles. The minimum Gasteiger partial charge on any atom is -1.00 e. The van der Waals surface area contributed by atoms with Gasteiger partial charge in [0.15, 0.2) is 16.0 Å². The van der Waals surface area contributed by atoms with Gasteiger partial charge in [0.1, 0.15) is 12.6 Å². The zero-order valence-corrected chi connectivity index (χ0v) is 10.6. The summed E-state index contributed by atoms with van der Waals surface area (Å²) in [4.78, 5) is 0. The van der Waals surface area contributed by atoms with Gasteiger partial charge in [0.2, 0.25) is 0 Å². The molecule has 2 aliphatic heterocycles. The summed E-state index contributed by atoms with van der Waals surface area (Å²) in [6, 6.07) is -0.101. The van der Waals surface area contributed by atoms with Gasteiger partial charge < -0.3 is 22.0 Å². The van der Waals surface area contributed by atoms with Crippen LogP contribution in [0.25, 0.3) is 0 Å². The molecule has 16 heavy (non-hydrogen) atoms. The number of sulfone groups is 1. The molecule has 2 saturated heterocycles. The van der Waals surface area contributed by atoms with Crippen LogP contribution in [-0.2, 0) is 9.84 Å². The second kappa shape index (κ2) is 4.76. The molecule has 0 aromatic carbocycles. The molecular weight excluding hydrogens is 257 g/mol. The first-order chi connectivity index (χ1) is 6.97. The molecule has 2 atom stereocenters. The Morgan fingerprint density at radius 2 is 1.88 bits per heavy atom. The molecule has 4 nitrogen and oxygen atoms in total. The molecule has 0 aliphatic carbocycles. The number of hydrogen-bond acceptors (Lipinski definition) is 3. The van der Waals surface area contributed by atoms with Crippen molar-refractivity contribution < 1.29 is 34.8 Å². The van der Waals surface area contributed by atoms with E-state index in [2.05, 4.69) is 0 Å². The third-order valence-corrected chi connectivity index (χ3v) is 5.38. The van der Waals surface area contributed by atoms with E-state index in [-0.39, 0.29) is 36.6 Å². The van der Waals surface area contributed by atoms with Crippen molar-refractivity contribution in [3.8, 4) is 0 Å². The number of nitrogens with zero attached hydrogens (tertiary/aromatic N) is 1. The fourth-order valence-electron chi connectivity index (χ4n) is 2.79. The molecule has 0 radical (unpaired) electrons. The van der Waals surface area contributed by atoms with Crippen LogP contribution >= 0.6 is 0 Å². The van der Waals surface area contributed by atoms with Crippen molar-refractivity contribution in [1.82, 2.24) is 0 Å². The molecule has 2 rings (SSSR count). The van der Waals surface area contributed by atoms with Crippen molar-refractivity contribution in [2.24, 2.45) is 0 Å². The zero-order valence-electron chi connectivity index (χ0n) is 8.98. The minimum absolute atomic E-state index is 0. The summed E-state index contributed by atoms with van der Waals surface area (Å²) < 4.78 is 36.4. The van der Waals surface area contributed by atoms with E-state index in [4.69, 9.17) is 0 Å². The highest BCUT2D eigenvalue weighted by Gasteiger charge is 2.49. The van der Waals surface area contributed by atoms with Crippen LogP contribution < -0.4 is 12.4 Å². The maximum absolute atomic E-state index is 13.3. The standard InChI is InChI=1S/C9H17FNO3S.ClH/c10-8-5-9(7-12)11(6-8)1-3-15(13,14)4-2-11;/h8-9,12H,1-7H2;1H/q+1;/p-1/t8-,9-;/m0./s1. The summed E-state index contributed by atoms with van der Waals surface area (Å²) in [6.07, 6.45) is -0.515. The van der Waals surface area contributed by atoms with E-state index in [0.29, 0.717) is 30.5 Å². The molecule has 2 fully saturated rings. The van der Waals surface area contributed by atoms with E-state index in [0.717, 1.165) is 0 Å². The summed E-state index contributed by atoms with van der Waals surface area (Å²) in [5.41, 5.74) is 0. The maximum atomic E-state index is 13.3. The molecule has 0 aromatic rings. The summed E-state index contributed by atoms with van der Waals surface area (Å²) in [5, 5.41) is 9.20. The van der Waals surface area contributed by atoms with Crippen molar-refractivity contribution >= 4 is 9.84 Å². The molecule has 1 N–H and O–H groups in total. The normalized spacial score (nSPS) is 35.9. The second-order valence-electron chi connectivity index (χ2n) is 4.67. The van der Waals surface area contributed by atoms with E-state index < -0.39 is 16.0 Å². The highest BCUT2D eigenvalue weighted by molar-refractivity contribution is 7.91. The van der Waals surface area contributed by atoms with Crippen LogP contribution in [0.3, 0.4) is 0 Å². The Hall–Kier alpha value is 0.0900. The Morgan fingerprint density at radius 1 is 1.31 bits per heavy atom. The van der Waals surface area contributed by atoms with Crippen molar-refractivity contribution in [2.45, 2.75) is 18.6 Å². The monoisotopic (exact) mass is 273 g/mol. The molecule has 0 amide bonds. The molecule has 7 heteroatoms. The van der Waals surface area contributed by atoms with Crippen LogP contribution in [0.5, 0.6) is 0 Å². The van der Waals surface area contributed by atoms with Crippen LogP contribution in [0.15, 0.2) is 0 Å². The summed E-state index contributed by atoms with van der Waals surface area (Å²) in [7, 11) is -2.92. The lowest BCUT2D eigenvalue weighted by atomic mass is 10.2. The average Bonchev–Trinajstić information content (AvgIpc) is 2.49. The molecule has 0 bridgehead atoms. The number of hydrogen-bond donors (Lipinski definition) is 1. The van der Waals surface area contributed by atoms with Gasteiger partial charge in [-0.15, -0.1) is 0 Å². The molecule has 2 aliphatic rings. The molecular formula is C9H17ClFNO3S. The summed E-state index contributed by atoms with van der Waals surface area (Å²) in [5.74, 6) is 0.270. The van der Waals surface area contributed by atoms with Gasteiger partial charge >= 0.3 is 0 Å². The van der Waals surface area contributed by atoms with Gasteiger partial charge in [-0.2, -0.15) is 0 Å². The van der Waals surface area contributed by atoms with Crippen LogP contribution in [0.1, 0.15) is 6.42 Å². The molecule has 0 saturated carbocycles. The van der Waals surface area contributed by atoms with Gasteiger partial charge in [0, 0.05) is 6.42 Å². The van der Waals surface area contributed by atoms with Gasteiger partial charge in [0.05, 0.1) is 31.2 Å². The second-order valence-corrected chi connectivity index (χ2v) is 6.97. The van der Waals surface area contributed by atoms with Crippen molar-refractivity contribution in [2.75, 3.05) is 37.7 Å². The Balaban J connectivity index is 0.00000128. The Labute approximate surface area is 101 Å².